The van der Waals surface area contributed by atoms with Crippen LogP contribution < -0.4 is 0 Å². The molecule has 3 aromatic heterocycles. The zero-order valence-electron chi connectivity index (χ0n) is 32.9. The number of fused-ring (bicyclic) bond motifs is 3. The Hall–Kier alpha value is -8.35. The molecule has 0 fully saturated rings. The molecule has 0 aliphatic heterocycles. The molecule has 0 spiro atoms. The highest BCUT2D eigenvalue weighted by atomic mass is 16.3. The van der Waals surface area contributed by atoms with Crippen molar-refractivity contribution in [2.45, 2.75) is 0 Å². The first-order chi connectivity index (χ1) is 30.2. The van der Waals surface area contributed by atoms with Crippen molar-refractivity contribution in [2.24, 2.45) is 0 Å². The van der Waals surface area contributed by atoms with Gasteiger partial charge in [-0.1, -0.05) is 182 Å². The predicted molar refractivity (Wildman–Crippen MR) is 246 cm³/mol. The summed E-state index contributed by atoms with van der Waals surface area (Å²) in [6.45, 7) is 0. The molecule has 0 saturated carbocycles. The fourth-order valence-electron chi connectivity index (χ4n) is 7.88. The van der Waals surface area contributed by atoms with E-state index in [0.717, 1.165) is 83.4 Å². The smallest absolute Gasteiger partial charge is 0.167 e. The minimum atomic E-state index is 0.546. The highest BCUT2D eigenvalue weighted by Crippen LogP contribution is 2.37. The SMILES string of the molecule is c1ccc(-c2ccc(-c3cc(-c4cccc(-c5cccc(-c6nc(-c7ccccc7)nc(-c7cccc8c7oc7ccccc78)n6)c5)c4)nc(-c4ccccc4)n3)cc2)cc1. The number of benzene rings is 8. The molecule has 0 aliphatic rings. The van der Waals surface area contributed by atoms with E-state index in [0.29, 0.717) is 23.3 Å². The van der Waals surface area contributed by atoms with Gasteiger partial charge in [-0.2, -0.15) is 0 Å². The van der Waals surface area contributed by atoms with E-state index in [1.807, 2.05) is 84.9 Å². The molecule has 0 saturated heterocycles. The van der Waals surface area contributed by atoms with Crippen LogP contribution in [0.5, 0.6) is 0 Å². The molecule has 286 valence electrons. The van der Waals surface area contributed by atoms with Crippen LogP contribution >= 0.6 is 0 Å². The van der Waals surface area contributed by atoms with Crippen molar-refractivity contribution in [1.82, 2.24) is 24.9 Å². The number of furan rings is 1. The van der Waals surface area contributed by atoms with Gasteiger partial charge in [-0.3, -0.25) is 0 Å². The van der Waals surface area contributed by atoms with Gasteiger partial charge >= 0.3 is 0 Å². The summed E-state index contributed by atoms with van der Waals surface area (Å²) in [6, 6.07) is 72.3. The van der Waals surface area contributed by atoms with E-state index in [2.05, 4.69) is 127 Å². The quantitative estimate of drug-likeness (QED) is 0.153. The molecule has 0 amide bonds. The van der Waals surface area contributed by atoms with Gasteiger partial charge in [0.1, 0.15) is 11.2 Å². The average molecular weight is 782 g/mol. The second-order valence-electron chi connectivity index (χ2n) is 14.9. The zero-order chi connectivity index (χ0) is 40.5. The molecule has 6 heteroatoms. The summed E-state index contributed by atoms with van der Waals surface area (Å²) < 4.78 is 6.43. The van der Waals surface area contributed by atoms with Gasteiger partial charge in [-0.05, 0) is 52.6 Å². The molecule has 0 N–H and O–H groups in total. The van der Waals surface area contributed by atoms with Crippen molar-refractivity contribution < 1.29 is 4.42 Å². The lowest BCUT2D eigenvalue weighted by Crippen LogP contribution is -2.00. The van der Waals surface area contributed by atoms with Crippen LogP contribution in [-0.2, 0) is 0 Å². The van der Waals surface area contributed by atoms with Crippen LogP contribution in [0.1, 0.15) is 0 Å². The lowest BCUT2D eigenvalue weighted by atomic mass is 9.98. The largest absolute Gasteiger partial charge is 0.455 e. The van der Waals surface area contributed by atoms with Gasteiger partial charge in [-0.15, -0.1) is 0 Å². The maximum Gasteiger partial charge on any atom is 0.167 e. The van der Waals surface area contributed by atoms with Crippen LogP contribution in [0.15, 0.2) is 217 Å². The van der Waals surface area contributed by atoms with Crippen molar-refractivity contribution in [1.29, 1.82) is 0 Å². The van der Waals surface area contributed by atoms with E-state index in [9.17, 15) is 0 Å². The molecular formula is C55H35N5O. The molecule has 0 aliphatic carbocycles. The highest BCUT2D eigenvalue weighted by molar-refractivity contribution is 6.09. The number of nitrogens with zero attached hydrogens (tertiary/aromatic N) is 5. The lowest BCUT2D eigenvalue weighted by molar-refractivity contribution is 0.669. The van der Waals surface area contributed by atoms with Crippen molar-refractivity contribution in [3.63, 3.8) is 0 Å². The number of hydrogen-bond acceptors (Lipinski definition) is 6. The van der Waals surface area contributed by atoms with E-state index >= 15 is 0 Å². The van der Waals surface area contributed by atoms with E-state index in [4.69, 9.17) is 29.3 Å². The summed E-state index contributed by atoms with van der Waals surface area (Å²) in [5, 5.41) is 2.07. The van der Waals surface area contributed by atoms with Crippen LogP contribution in [-0.4, -0.2) is 24.9 Å². The molecule has 0 radical (unpaired) electrons. The highest BCUT2D eigenvalue weighted by Gasteiger charge is 2.18. The van der Waals surface area contributed by atoms with Crippen molar-refractivity contribution in [2.75, 3.05) is 0 Å². The van der Waals surface area contributed by atoms with Gasteiger partial charge in [0.05, 0.1) is 17.0 Å². The summed E-state index contributed by atoms with van der Waals surface area (Å²) in [7, 11) is 0. The molecule has 8 aromatic carbocycles. The Balaban J connectivity index is 0.992. The Bertz CT molecular complexity index is 3350. The summed E-state index contributed by atoms with van der Waals surface area (Å²) in [5.41, 5.74) is 13.2. The number of aromatic nitrogens is 5. The summed E-state index contributed by atoms with van der Waals surface area (Å²) in [4.78, 5) is 25.4. The molecule has 0 atom stereocenters. The molecule has 0 bridgehead atoms. The standard InChI is InChI=1S/C55H35N5O/c1-4-15-36(16-5-1)37-29-31-38(32-30-37)48-35-49(57-52(56-48)39-17-6-2-7-18-39)43-23-12-21-41(33-43)42-22-13-24-44(34-42)54-58-53(40-19-8-3-9-20-40)59-55(60-54)47-27-14-26-46-45-25-10-11-28-50(45)61-51(46)47/h1-35H. The van der Waals surface area contributed by atoms with Crippen molar-refractivity contribution in [3.8, 4) is 90.3 Å². The second kappa shape index (κ2) is 15.4. The minimum absolute atomic E-state index is 0.546. The molecule has 6 nitrogen and oxygen atoms in total. The van der Waals surface area contributed by atoms with E-state index < -0.39 is 0 Å². The summed E-state index contributed by atoms with van der Waals surface area (Å²) >= 11 is 0. The number of hydrogen-bond donors (Lipinski definition) is 0. The maximum absolute atomic E-state index is 6.43. The molecule has 3 heterocycles. The first-order valence-corrected chi connectivity index (χ1v) is 20.2. The van der Waals surface area contributed by atoms with Crippen LogP contribution in [0.3, 0.4) is 0 Å². The fourth-order valence-corrected chi connectivity index (χ4v) is 7.88. The molecular weight excluding hydrogens is 747 g/mol. The number of rotatable bonds is 8. The lowest BCUT2D eigenvalue weighted by Gasteiger charge is -2.12. The topological polar surface area (TPSA) is 77.6 Å². The van der Waals surface area contributed by atoms with Crippen LogP contribution in [0.2, 0.25) is 0 Å². The Morgan fingerprint density at radius 1 is 0.262 bits per heavy atom. The number of para-hydroxylation sites is 2. The third-order valence-corrected chi connectivity index (χ3v) is 11.0. The molecule has 61 heavy (non-hydrogen) atoms. The van der Waals surface area contributed by atoms with Crippen LogP contribution in [0.25, 0.3) is 112 Å². The van der Waals surface area contributed by atoms with E-state index in [1.54, 1.807) is 0 Å². The Labute approximate surface area is 352 Å². The minimum Gasteiger partial charge on any atom is -0.455 e. The summed E-state index contributed by atoms with van der Waals surface area (Å²) in [5.74, 6) is 2.38. The van der Waals surface area contributed by atoms with Gasteiger partial charge in [0, 0.05) is 38.6 Å². The molecule has 0 unspecified atom stereocenters. The van der Waals surface area contributed by atoms with Gasteiger partial charge < -0.3 is 4.42 Å². The van der Waals surface area contributed by atoms with Crippen molar-refractivity contribution in [3.05, 3.63) is 212 Å². The van der Waals surface area contributed by atoms with Gasteiger partial charge in [0.2, 0.25) is 0 Å². The van der Waals surface area contributed by atoms with E-state index in [-0.39, 0.29) is 0 Å². The van der Waals surface area contributed by atoms with E-state index in [1.165, 1.54) is 5.56 Å². The third kappa shape index (κ3) is 7.02. The first kappa shape index (κ1) is 35.8. The van der Waals surface area contributed by atoms with Crippen LogP contribution in [0.4, 0.5) is 0 Å². The third-order valence-electron chi connectivity index (χ3n) is 11.0. The average Bonchev–Trinajstić information content (AvgIpc) is 3.74. The van der Waals surface area contributed by atoms with Crippen molar-refractivity contribution >= 4 is 21.9 Å². The van der Waals surface area contributed by atoms with Gasteiger partial charge in [0.15, 0.2) is 23.3 Å². The molecule has 11 aromatic rings. The van der Waals surface area contributed by atoms with Gasteiger partial charge in [-0.25, -0.2) is 24.9 Å². The monoisotopic (exact) mass is 781 g/mol. The van der Waals surface area contributed by atoms with Gasteiger partial charge in [0.25, 0.3) is 0 Å². The zero-order valence-corrected chi connectivity index (χ0v) is 32.9. The fraction of sp³-hybridized carbons (Fsp3) is 0. The summed E-state index contributed by atoms with van der Waals surface area (Å²) in [6.07, 6.45) is 0. The van der Waals surface area contributed by atoms with Crippen LogP contribution in [0, 0.1) is 0 Å². The Kier molecular flexibility index (Phi) is 9.06. The Morgan fingerprint density at radius 3 is 1.39 bits per heavy atom. The Morgan fingerprint density at radius 2 is 0.705 bits per heavy atom. The normalized spacial score (nSPS) is 11.3. The maximum atomic E-state index is 6.43. The second-order valence-corrected chi connectivity index (χ2v) is 14.9. The predicted octanol–water partition coefficient (Wildman–Crippen LogP) is 13.9. The molecule has 11 rings (SSSR count). The first-order valence-electron chi connectivity index (χ1n) is 20.2.